The molecule has 1 atom stereocenters. The lowest BCUT2D eigenvalue weighted by Crippen LogP contribution is -2.54. The normalized spacial score (nSPS) is 28.0. The summed E-state index contributed by atoms with van der Waals surface area (Å²) in [6, 6.07) is 23.2. The summed E-state index contributed by atoms with van der Waals surface area (Å²) in [6.07, 6.45) is 7.35. The largest absolute Gasteiger partial charge is 0.497 e. The van der Waals surface area contributed by atoms with Crippen molar-refractivity contribution >= 4 is 17.5 Å². The van der Waals surface area contributed by atoms with Crippen LogP contribution in [0.2, 0.25) is 0 Å². The molecule has 1 aliphatic heterocycles. The first kappa shape index (κ1) is 26.1. The Morgan fingerprint density at radius 3 is 2.17 bits per heavy atom. The molecule has 4 aliphatic carbocycles. The van der Waals surface area contributed by atoms with Gasteiger partial charge in [0.05, 0.1) is 25.5 Å². The molecule has 41 heavy (non-hydrogen) atoms. The van der Waals surface area contributed by atoms with Crippen molar-refractivity contribution in [2.45, 2.75) is 57.7 Å². The van der Waals surface area contributed by atoms with Gasteiger partial charge in [-0.15, -0.1) is 0 Å². The lowest BCUT2D eigenvalue weighted by Gasteiger charge is -2.57. The number of ether oxygens (including phenoxy) is 2. The zero-order valence-corrected chi connectivity index (χ0v) is 23.9. The second-order valence-corrected chi connectivity index (χ2v) is 12.8. The first-order valence-corrected chi connectivity index (χ1v) is 14.9. The quantitative estimate of drug-likeness (QED) is 0.318. The van der Waals surface area contributed by atoms with Crippen LogP contribution in [0.15, 0.2) is 72.8 Å². The number of anilines is 1. The number of hydrogen-bond donors (Lipinski definition) is 0. The maximum atomic E-state index is 14.8. The number of carbonyl (C=O) groups is 2. The molecule has 0 radical (unpaired) electrons. The van der Waals surface area contributed by atoms with E-state index < -0.39 is 6.17 Å². The number of methoxy groups -OCH3 is 2. The molecule has 4 bridgehead atoms. The highest BCUT2D eigenvalue weighted by Crippen LogP contribution is 2.61. The Hall–Kier alpha value is -3.80. The number of amides is 2. The summed E-state index contributed by atoms with van der Waals surface area (Å²) < 4.78 is 11.4. The van der Waals surface area contributed by atoms with E-state index in [1.807, 2.05) is 82.6 Å². The zero-order valence-electron chi connectivity index (χ0n) is 23.9. The minimum atomic E-state index is -0.653. The minimum Gasteiger partial charge on any atom is -0.497 e. The maximum Gasteiger partial charge on any atom is 0.258 e. The molecule has 6 nitrogen and oxygen atoms in total. The molecule has 0 saturated heterocycles. The van der Waals surface area contributed by atoms with Crippen LogP contribution in [0.25, 0.3) is 0 Å². The van der Waals surface area contributed by atoms with Crippen molar-refractivity contribution in [3.63, 3.8) is 0 Å². The van der Waals surface area contributed by atoms with Gasteiger partial charge in [0.1, 0.15) is 17.7 Å². The van der Waals surface area contributed by atoms with Crippen LogP contribution in [0.5, 0.6) is 11.5 Å². The van der Waals surface area contributed by atoms with Gasteiger partial charge in [0, 0.05) is 24.6 Å². The fourth-order valence-electron chi connectivity index (χ4n) is 8.86. The average molecular weight is 551 g/mol. The molecule has 8 rings (SSSR count). The summed E-state index contributed by atoms with van der Waals surface area (Å²) in [7, 11) is 3.25. The Kier molecular flexibility index (Phi) is 6.52. The van der Waals surface area contributed by atoms with Gasteiger partial charge in [-0.2, -0.15) is 0 Å². The molecular formula is C35H38N2O4. The van der Waals surface area contributed by atoms with Gasteiger partial charge in [0.25, 0.3) is 5.91 Å². The number of nitrogens with zero attached hydrogens (tertiary/aromatic N) is 2. The first-order chi connectivity index (χ1) is 20.0. The van der Waals surface area contributed by atoms with E-state index in [-0.39, 0.29) is 17.2 Å². The number of hydrogen-bond acceptors (Lipinski definition) is 4. The second-order valence-electron chi connectivity index (χ2n) is 12.8. The van der Waals surface area contributed by atoms with E-state index in [0.29, 0.717) is 35.7 Å². The fraction of sp³-hybridized carbons (Fsp3) is 0.429. The molecule has 0 N–H and O–H groups in total. The SMILES string of the molecule is COc1ccc(C2N(Cc3ccccc3)C(=O)c3ccccc3N2C(=O)CC23CC4CC(CC(C4)C2)C3)c(OC)c1. The molecule has 6 heteroatoms. The summed E-state index contributed by atoms with van der Waals surface area (Å²) >= 11 is 0. The monoisotopic (exact) mass is 550 g/mol. The fourth-order valence-corrected chi connectivity index (χ4v) is 8.86. The first-order valence-electron chi connectivity index (χ1n) is 14.9. The summed E-state index contributed by atoms with van der Waals surface area (Å²) in [5.74, 6) is 3.53. The van der Waals surface area contributed by atoms with Gasteiger partial charge < -0.3 is 14.4 Å². The molecular weight excluding hydrogens is 512 g/mol. The topological polar surface area (TPSA) is 59.1 Å². The van der Waals surface area contributed by atoms with Crippen LogP contribution in [-0.2, 0) is 11.3 Å². The standard InChI is InChI=1S/C35H38N2O4/c1-40-27-12-13-29(31(17-27)41-2)33-36(22-23-8-4-3-5-9-23)34(39)28-10-6-7-11-30(28)37(33)32(38)21-35-18-24-14-25(19-35)16-26(15-24)20-35/h3-13,17,24-26,33H,14-16,18-22H2,1-2H3. The second kappa shape index (κ2) is 10.2. The lowest BCUT2D eigenvalue weighted by molar-refractivity contribution is -0.128. The van der Waals surface area contributed by atoms with Crippen molar-refractivity contribution in [2.75, 3.05) is 19.1 Å². The number of rotatable bonds is 7. The van der Waals surface area contributed by atoms with Gasteiger partial charge in [-0.25, -0.2) is 0 Å². The van der Waals surface area contributed by atoms with Crippen LogP contribution in [0.1, 0.15) is 72.6 Å². The Morgan fingerprint density at radius 1 is 0.854 bits per heavy atom. The molecule has 4 saturated carbocycles. The third kappa shape index (κ3) is 4.58. The Labute approximate surface area is 242 Å². The number of fused-ring (bicyclic) bond motifs is 1. The number of carbonyl (C=O) groups excluding carboxylic acids is 2. The van der Waals surface area contributed by atoms with Crippen molar-refractivity contribution in [3.8, 4) is 11.5 Å². The van der Waals surface area contributed by atoms with Crippen LogP contribution in [0, 0.1) is 23.2 Å². The lowest BCUT2D eigenvalue weighted by atomic mass is 9.49. The van der Waals surface area contributed by atoms with E-state index in [0.717, 1.165) is 48.1 Å². The Morgan fingerprint density at radius 2 is 1.51 bits per heavy atom. The summed E-state index contributed by atoms with van der Waals surface area (Å²) in [4.78, 5) is 32.7. The summed E-state index contributed by atoms with van der Waals surface area (Å²) in [5.41, 5.74) is 3.09. The number of para-hydroxylation sites is 1. The van der Waals surface area contributed by atoms with Crippen LogP contribution in [0.3, 0.4) is 0 Å². The van der Waals surface area contributed by atoms with Gasteiger partial charge in [-0.05, 0) is 91.5 Å². The van der Waals surface area contributed by atoms with E-state index in [4.69, 9.17) is 9.47 Å². The highest BCUT2D eigenvalue weighted by atomic mass is 16.5. The molecule has 3 aromatic rings. The van der Waals surface area contributed by atoms with E-state index in [2.05, 4.69) is 0 Å². The van der Waals surface area contributed by atoms with Gasteiger partial charge in [0.15, 0.2) is 0 Å². The average Bonchev–Trinajstić information content (AvgIpc) is 2.97. The van der Waals surface area contributed by atoms with E-state index in [9.17, 15) is 9.59 Å². The highest BCUT2D eigenvalue weighted by Gasteiger charge is 2.53. The van der Waals surface area contributed by atoms with Crippen molar-refractivity contribution < 1.29 is 19.1 Å². The number of benzene rings is 3. The Bertz CT molecular complexity index is 1430. The molecule has 1 unspecified atom stereocenters. The van der Waals surface area contributed by atoms with Gasteiger partial charge in [-0.1, -0.05) is 42.5 Å². The molecule has 2 amide bonds. The van der Waals surface area contributed by atoms with E-state index in [1.54, 1.807) is 14.2 Å². The predicted octanol–water partition coefficient (Wildman–Crippen LogP) is 7.00. The molecule has 0 aromatic heterocycles. The smallest absolute Gasteiger partial charge is 0.258 e. The summed E-state index contributed by atoms with van der Waals surface area (Å²) in [6.45, 7) is 0.370. The van der Waals surface area contributed by atoms with Crippen molar-refractivity contribution in [1.82, 2.24) is 4.90 Å². The maximum absolute atomic E-state index is 14.8. The molecule has 1 heterocycles. The van der Waals surface area contributed by atoms with E-state index >= 15 is 0 Å². The van der Waals surface area contributed by atoms with Crippen LogP contribution >= 0.6 is 0 Å². The van der Waals surface area contributed by atoms with Crippen LogP contribution < -0.4 is 14.4 Å². The Balaban J connectivity index is 1.35. The van der Waals surface area contributed by atoms with Crippen molar-refractivity contribution in [1.29, 1.82) is 0 Å². The highest BCUT2D eigenvalue weighted by molar-refractivity contribution is 6.08. The zero-order chi connectivity index (χ0) is 28.1. The molecule has 5 aliphatic rings. The third-order valence-electron chi connectivity index (χ3n) is 10.1. The van der Waals surface area contributed by atoms with Gasteiger partial charge in [-0.3, -0.25) is 14.5 Å². The molecule has 212 valence electrons. The van der Waals surface area contributed by atoms with Gasteiger partial charge >= 0.3 is 0 Å². The molecule has 0 spiro atoms. The molecule has 4 fully saturated rings. The van der Waals surface area contributed by atoms with Crippen molar-refractivity contribution in [2.24, 2.45) is 23.2 Å². The van der Waals surface area contributed by atoms with Crippen molar-refractivity contribution in [3.05, 3.63) is 89.5 Å². The van der Waals surface area contributed by atoms with Gasteiger partial charge in [0.2, 0.25) is 5.91 Å². The molecule has 3 aromatic carbocycles. The predicted molar refractivity (Wildman–Crippen MR) is 158 cm³/mol. The summed E-state index contributed by atoms with van der Waals surface area (Å²) in [5, 5.41) is 0. The minimum absolute atomic E-state index is 0.0705. The van der Waals surface area contributed by atoms with E-state index in [1.165, 1.54) is 19.3 Å². The third-order valence-corrected chi connectivity index (χ3v) is 10.1. The van der Waals surface area contributed by atoms with Crippen LogP contribution in [-0.4, -0.2) is 30.9 Å². The van der Waals surface area contributed by atoms with Crippen LogP contribution in [0.4, 0.5) is 5.69 Å².